The number of rotatable bonds is 5. The lowest BCUT2D eigenvalue weighted by Crippen LogP contribution is -2.39. The number of hydrogen-bond donors (Lipinski definition) is 1. The number of carbonyl (C=O) groups is 3. The van der Waals surface area contributed by atoms with E-state index in [1.165, 1.54) is 6.92 Å². The lowest BCUT2D eigenvalue weighted by molar-refractivity contribution is -0.149. The van der Waals surface area contributed by atoms with Crippen molar-refractivity contribution in [3.8, 4) is 0 Å². The van der Waals surface area contributed by atoms with Crippen molar-refractivity contribution in [1.82, 2.24) is 0 Å². The third-order valence-corrected chi connectivity index (χ3v) is 4.15. The normalized spacial score (nSPS) is 29.9. The summed E-state index contributed by atoms with van der Waals surface area (Å²) in [7, 11) is 0. The SMILES string of the molecule is CC(=O)CCC1C(=O)C(C(C)C(=O)O)CCC1C. The summed E-state index contributed by atoms with van der Waals surface area (Å²) in [5.74, 6) is -1.66. The van der Waals surface area contributed by atoms with Gasteiger partial charge in [-0.2, -0.15) is 0 Å². The summed E-state index contributed by atoms with van der Waals surface area (Å²) in [4.78, 5) is 34.3. The highest BCUT2D eigenvalue weighted by Crippen LogP contribution is 2.37. The van der Waals surface area contributed by atoms with E-state index in [1.54, 1.807) is 6.92 Å². The molecule has 18 heavy (non-hydrogen) atoms. The summed E-state index contributed by atoms with van der Waals surface area (Å²) in [5, 5.41) is 9.02. The summed E-state index contributed by atoms with van der Waals surface area (Å²) in [6.07, 6.45) is 2.51. The van der Waals surface area contributed by atoms with Gasteiger partial charge in [0.05, 0.1) is 5.92 Å². The van der Waals surface area contributed by atoms with Crippen molar-refractivity contribution in [2.45, 2.75) is 46.5 Å². The Kier molecular flexibility index (Phi) is 5.05. The van der Waals surface area contributed by atoms with Gasteiger partial charge in [-0.3, -0.25) is 9.59 Å². The zero-order chi connectivity index (χ0) is 13.9. The van der Waals surface area contributed by atoms with Crippen molar-refractivity contribution >= 4 is 17.5 Å². The van der Waals surface area contributed by atoms with Crippen LogP contribution in [0.3, 0.4) is 0 Å². The highest BCUT2D eigenvalue weighted by atomic mass is 16.4. The first-order chi connectivity index (χ1) is 8.34. The Morgan fingerprint density at radius 1 is 1.39 bits per heavy atom. The molecule has 0 radical (unpaired) electrons. The molecular formula is C14H22O4. The van der Waals surface area contributed by atoms with Crippen LogP contribution >= 0.6 is 0 Å². The number of ketones is 2. The summed E-state index contributed by atoms with van der Waals surface area (Å²) in [6.45, 7) is 5.14. The van der Waals surface area contributed by atoms with Crippen molar-refractivity contribution in [1.29, 1.82) is 0 Å². The lowest BCUT2D eigenvalue weighted by Gasteiger charge is -2.34. The number of carboxylic acids is 1. The van der Waals surface area contributed by atoms with E-state index in [2.05, 4.69) is 0 Å². The smallest absolute Gasteiger partial charge is 0.306 e. The fraction of sp³-hybridized carbons (Fsp3) is 0.786. The third kappa shape index (κ3) is 3.40. The molecule has 102 valence electrons. The molecule has 0 amide bonds. The maximum atomic E-state index is 12.3. The van der Waals surface area contributed by atoms with Gasteiger partial charge < -0.3 is 9.90 Å². The molecule has 4 unspecified atom stereocenters. The molecule has 4 heteroatoms. The molecular weight excluding hydrogens is 232 g/mol. The van der Waals surface area contributed by atoms with Crippen LogP contribution in [-0.4, -0.2) is 22.6 Å². The minimum atomic E-state index is -0.909. The Morgan fingerprint density at radius 3 is 2.50 bits per heavy atom. The molecule has 0 bridgehead atoms. The Bertz CT molecular complexity index is 348. The number of aliphatic carboxylic acids is 1. The van der Waals surface area contributed by atoms with E-state index in [0.29, 0.717) is 19.3 Å². The van der Waals surface area contributed by atoms with Crippen LogP contribution < -0.4 is 0 Å². The zero-order valence-electron chi connectivity index (χ0n) is 11.3. The molecule has 0 aromatic carbocycles. The number of Topliss-reactive ketones (excluding diaryl/α,β-unsaturated/α-hetero) is 2. The molecule has 0 saturated heterocycles. The van der Waals surface area contributed by atoms with Gasteiger partial charge >= 0.3 is 5.97 Å². The molecule has 0 aromatic heterocycles. The number of hydrogen-bond acceptors (Lipinski definition) is 3. The molecule has 0 aliphatic heterocycles. The fourth-order valence-electron chi connectivity index (χ4n) is 2.80. The standard InChI is InChI=1S/C14H22O4/c1-8-4-6-12(10(3)14(17)18)13(16)11(8)7-5-9(2)15/h8,10-12H,4-7H2,1-3H3,(H,17,18). The van der Waals surface area contributed by atoms with Gasteiger partial charge in [-0.25, -0.2) is 0 Å². The van der Waals surface area contributed by atoms with Crippen LogP contribution in [-0.2, 0) is 14.4 Å². The van der Waals surface area contributed by atoms with Crippen LogP contribution in [0.15, 0.2) is 0 Å². The minimum absolute atomic E-state index is 0.0462. The maximum absolute atomic E-state index is 12.3. The molecule has 4 nitrogen and oxygen atoms in total. The summed E-state index contributed by atoms with van der Waals surface area (Å²) in [6, 6.07) is 0. The van der Waals surface area contributed by atoms with Crippen molar-refractivity contribution in [2.75, 3.05) is 0 Å². The average Bonchev–Trinajstić information content (AvgIpc) is 2.27. The van der Waals surface area contributed by atoms with Gasteiger partial charge in [0.2, 0.25) is 0 Å². The second kappa shape index (κ2) is 6.12. The van der Waals surface area contributed by atoms with E-state index in [1.807, 2.05) is 6.92 Å². The molecule has 4 atom stereocenters. The molecule has 0 aromatic rings. The van der Waals surface area contributed by atoms with Crippen LogP contribution in [0.1, 0.15) is 46.5 Å². The van der Waals surface area contributed by atoms with E-state index >= 15 is 0 Å². The molecule has 1 fully saturated rings. The van der Waals surface area contributed by atoms with Crippen molar-refractivity contribution in [2.24, 2.45) is 23.7 Å². The number of carbonyl (C=O) groups excluding carboxylic acids is 2. The molecule has 0 spiro atoms. The predicted octanol–water partition coefficient (Wildman–Crippen LogP) is 2.31. The Morgan fingerprint density at radius 2 is 2.00 bits per heavy atom. The van der Waals surface area contributed by atoms with Crippen LogP contribution in [0.5, 0.6) is 0 Å². The van der Waals surface area contributed by atoms with Gasteiger partial charge in [0, 0.05) is 18.3 Å². The monoisotopic (exact) mass is 254 g/mol. The first-order valence-electron chi connectivity index (χ1n) is 6.60. The molecule has 1 aliphatic rings. The van der Waals surface area contributed by atoms with Gasteiger partial charge in [0.1, 0.15) is 11.6 Å². The van der Waals surface area contributed by atoms with Crippen LogP contribution in [0.4, 0.5) is 0 Å². The molecule has 1 saturated carbocycles. The molecule has 1 aliphatic carbocycles. The van der Waals surface area contributed by atoms with E-state index < -0.39 is 11.9 Å². The minimum Gasteiger partial charge on any atom is -0.481 e. The van der Waals surface area contributed by atoms with Crippen LogP contribution in [0.2, 0.25) is 0 Å². The second-order valence-corrected chi connectivity index (χ2v) is 5.54. The number of carboxylic acid groups (broad SMARTS) is 1. The Hall–Kier alpha value is -1.19. The van der Waals surface area contributed by atoms with Crippen molar-refractivity contribution in [3.05, 3.63) is 0 Å². The summed E-state index contributed by atoms with van der Waals surface area (Å²) < 4.78 is 0. The first-order valence-corrected chi connectivity index (χ1v) is 6.60. The third-order valence-electron chi connectivity index (χ3n) is 4.15. The second-order valence-electron chi connectivity index (χ2n) is 5.54. The van der Waals surface area contributed by atoms with E-state index in [0.717, 1.165) is 6.42 Å². The summed E-state index contributed by atoms with van der Waals surface area (Å²) in [5.41, 5.74) is 0. The van der Waals surface area contributed by atoms with E-state index in [-0.39, 0.29) is 29.3 Å². The Labute approximate surface area is 108 Å². The predicted molar refractivity (Wildman–Crippen MR) is 67.1 cm³/mol. The lowest BCUT2D eigenvalue weighted by atomic mass is 9.68. The highest BCUT2D eigenvalue weighted by Gasteiger charge is 2.40. The summed E-state index contributed by atoms with van der Waals surface area (Å²) >= 11 is 0. The Balaban J connectivity index is 2.73. The van der Waals surface area contributed by atoms with Crippen LogP contribution in [0, 0.1) is 23.7 Å². The topological polar surface area (TPSA) is 71.4 Å². The first kappa shape index (κ1) is 14.9. The van der Waals surface area contributed by atoms with Gasteiger partial charge in [0.15, 0.2) is 0 Å². The van der Waals surface area contributed by atoms with Crippen molar-refractivity contribution < 1.29 is 19.5 Å². The van der Waals surface area contributed by atoms with E-state index in [9.17, 15) is 14.4 Å². The molecule has 1 rings (SSSR count). The van der Waals surface area contributed by atoms with Gasteiger partial charge in [-0.1, -0.05) is 13.8 Å². The molecule has 1 N–H and O–H groups in total. The average molecular weight is 254 g/mol. The van der Waals surface area contributed by atoms with Crippen LogP contribution in [0.25, 0.3) is 0 Å². The van der Waals surface area contributed by atoms with E-state index in [4.69, 9.17) is 5.11 Å². The molecule has 0 heterocycles. The largest absolute Gasteiger partial charge is 0.481 e. The fourth-order valence-corrected chi connectivity index (χ4v) is 2.80. The van der Waals surface area contributed by atoms with Gasteiger partial charge in [-0.05, 0) is 32.1 Å². The maximum Gasteiger partial charge on any atom is 0.306 e. The quantitative estimate of drug-likeness (QED) is 0.817. The van der Waals surface area contributed by atoms with Gasteiger partial charge in [-0.15, -0.1) is 0 Å². The van der Waals surface area contributed by atoms with Gasteiger partial charge in [0.25, 0.3) is 0 Å². The highest BCUT2D eigenvalue weighted by molar-refractivity contribution is 5.89. The zero-order valence-corrected chi connectivity index (χ0v) is 11.3. The van der Waals surface area contributed by atoms with Crippen molar-refractivity contribution in [3.63, 3.8) is 0 Å².